The molecular weight excluding hydrogens is 1070 g/mol. The van der Waals surface area contributed by atoms with Crippen LogP contribution in [-0.2, 0) is 65.7 Å². The normalized spacial score (nSPS) is 17.4. The summed E-state index contributed by atoms with van der Waals surface area (Å²) in [4.78, 5) is 118. The number of methoxy groups -OCH3 is 2. The Balaban J connectivity index is 1.70. The highest BCUT2D eigenvalue weighted by Gasteiger charge is 2.44. The van der Waals surface area contributed by atoms with Crippen molar-refractivity contribution < 1.29 is 62.9 Å². The topological polar surface area (TPSA) is 287 Å². The van der Waals surface area contributed by atoms with E-state index in [0.717, 1.165) is 5.56 Å². The summed E-state index contributed by atoms with van der Waals surface area (Å²) >= 11 is 0. The molecule has 1 saturated heterocycles. The van der Waals surface area contributed by atoms with Crippen LogP contribution in [0.15, 0.2) is 67.3 Å². The van der Waals surface area contributed by atoms with E-state index in [1.165, 1.54) is 20.3 Å². The van der Waals surface area contributed by atoms with Crippen LogP contribution in [0, 0.1) is 29.6 Å². The molecule has 0 radical (unpaired) electrons. The Morgan fingerprint density at radius 2 is 1.40 bits per heavy atom. The smallest absolute Gasteiger partial charge is 0.303 e. The molecule has 0 aliphatic carbocycles. The standard InChI is InChI=1S/C61H97N9O13/c1-16-39(9)54(69(13)61(80)52(37(5)6)66-60(79)53(38(7)8)68(11)12)47(81-14)34-49(72)70-32-22-25-46(70)55(82-15)40(10)56(75)64-45(33-41-23-19-18-20-24-41)58(77)67-83-35-42-28-30-43(31-29-42)62-57(76)44(17-2)63-59(78)51(36(3)4)65-48(71)26-21-27-50(73)74/h17-20,23-24,28-31,36-40,44-47,51-55,57,62,76H,2,16,21-22,25-27,32-35H2,1,3-15H3,(H,63,78)(H,64,75)(H,65,71)(H,66,79)(H,67,77)(H,73,74)/t39-,40+,44+,45-,46-,47+,51+,52-,53-,54-,55+,57?/m0/s1. The van der Waals surface area contributed by atoms with E-state index >= 15 is 0 Å². The van der Waals surface area contributed by atoms with Gasteiger partial charge in [-0.05, 0) is 80.3 Å². The maximum Gasteiger partial charge on any atom is 0.303 e. The molecule has 22 heteroatoms. The van der Waals surface area contributed by atoms with Gasteiger partial charge in [-0.25, -0.2) is 5.48 Å². The van der Waals surface area contributed by atoms with E-state index in [0.29, 0.717) is 37.1 Å². The summed E-state index contributed by atoms with van der Waals surface area (Å²) in [6.45, 7) is 21.0. The third-order valence-corrected chi connectivity index (χ3v) is 15.5. The van der Waals surface area contributed by atoms with Crippen molar-refractivity contribution in [3.63, 3.8) is 0 Å². The molecule has 1 aliphatic rings. The van der Waals surface area contributed by atoms with E-state index in [1.54, 1.807) is 61.9 Å². The van der Waals surface area contributed by atoms with E-state index in [4.69, 9.17) is 19.4 Å². The Morgan fingerprint density at radius 3 is 1.94 bits per heavy atom. The summed E-state index contributed by atoms with van der Waals surface area (Å²) in [6, 6.07) is 10.6. The van der Waals surface area contributed by atoms with E-state index in [9.17, 15) is 43.5 Å². The van der Waals surface area contributed by atoms with Gasteiger partial charge in [-0.15, -0.1) is 6.58 Å². The number of amides is 7. The average Bonchev–Trinajstić information content (AvgIpc) is 4.15. The Labute approximate surface area is 491 Å². The predicted octanol–water partition coefficient (Wildman–Crippen LogP) is 4.41. The molecule has 8 N–H and O–H groups in total. The van der Waals surface area contributed by atoms with Crippen LogP contribution in [0.5, 0.6) is 0 Å². The van der Waals surface area contributed by atoms with Gasteiger partial charge in [-0.1, -0.05) is 117 Å². The second-order valence-electron chi connectivity index (χ2n) is 23.1. The van der Waals surface area contributed by atoms with Crippen molar-refractivity contribution in [1.82, 2.24) is 41.4 Å². The summed E-state index contributed by atoms with van der Waals surface area (Å²) in [6.07, 6.45) is 0.392. The lowest BCUT2D eigenvalue weighted by molar-refractivity contribution is -0.148. The van der Waals surface area contributed by atoms with E-state index in [1.807, 2.05) is 90.9 Å². The second kappa shape index (κ2) is 35.0. The van der Waals surface area contributed by atoms with Gasteiger partial charge < -0.3 is 56.1 Å². The van der Waals surface area contributed by atoms with Gasteiger partial charge >= 0.3 is 5.97 Å². The number of carbonyl (C=O) groups excluding carboxylic acids is 7. The van der Waals surface area contributed by atoms with Crippen molar-refractivity contribution in [2.45, 2.75) is 181 Å². The van der Waals surface area contributed by atoms with Gasteiger partial charge in [0.05, 0.1) is 55.3 Å². The number of ether oxygens (including phenoxy) is 2. The molecule has 0 saturated carbocycles. The molecule has 2 aromatic rings. The van der Waals surface area contributed by atoms with Gasteiger partial charge in [0.2, 0.25) is 35.4 Å². The number of aliphatic hydroxyl groups is 1. The van der Waals surface area contributed by atoms with Crippen LogP contribution in [0.4, 0.5) is 5.69 Å². The van der Waals surface area contributed by atoms with E-state index in [-0.39, 0.29) is 80.1 Å². The van der Waals surface area contributed by atoms with E-state index < -0.39 is 96.2 Å². The molecule has 0 spiro atoms. The number of rotatable bonds is 36. The molecule has 83 heavy (non-hydrogen) atoms. The molecule has 1 fully saturated rings. The SMILES string of the molecule is C=C[C@@H](NC(=O)[C@H](NC(=O)CCCC(=O)O)C(C)C)C(O)Nc1ccc(CONC(=O)[C@H](Cc2ccccc2)NC(=O)[C@H](C)[C@@H](OC)[C@@H]2CCCN2C(=O)C[C@@H](OC)[C@H]([C@@H](C)CC)N(C)C(=O)[C@@H](NC(=O)[C@H](C(C)C)N(C)C)C(C)C)cc1. The Bertz CT molecular complexity index is 2400. The number of hydroxylamine groups is 1. The molecule has 1 aliphatic heterocycles. The highest BCUT2D eigenvalue weighted by molar-refractivity contribution is 5.91. The number of carboxylic acid groups (broad SMARTS) is 1. The fraction of sp³-hybridized carbons (Fsp3) is 0.639. The Morgan fingerprint density at radius 1 is 0.759 bits per heavy atom. The molecule has 7 amide bonds. The van der Waals surface area contributed by atoms with Crippen LogP contribution >= 0.6 is 0 Å². The molecular formula is C61H97N9O13. The molecule has 1 unspecified atom stereocenters. The number of likely N-dealkylation sites (tertiary alicyclic amines) is 1. The van der Waals surface area contributed by atoms with Crippen molar-refractivity contribution in [3.8, 4) is 0 Å². The van der Waals surface area contributed by atoms with Crippen LogP contribution in [0.2, 0.25) is 0 Å². The maximum absolute atomic E-state index is 14.5. The van der Waals surface area contributed by atoms with Gasteiger partial charge in [0.25, 0.3) is 5.91 Å². The van der Waals surface area contributed by atoms with Crippen molar-refractivity contribution in [3.05, 3.63) is 78.4 Å². The lowest BCUT2D eigenvalue weighted by Gasteiger charge is -2.41. The number of hydrogen-bond acceptors (Lipinski definition) is 14. The van der Waals surface area contributed by atoms with Crippen molar-refractivity contribution in [1.29, 1.82) is 0 Å². The maximum atomic E-state index is 14.5. The largest absolute Gasteiger partial charge is 0.481 e. The van der Waals surface area contributed by atoms with E-state index in [2.05, 4.69) is 38.6 Å². The van der Waals surface area contributed by atoms with Crippen molar-refractivity contribution >= 4 is 53.0 Å². The van der Waals surface area contributed by atoms with Gasteiger partial charge in [-0.2, -0.15) is 0 Å². The van der Waals surface area contributed by atoms with Gasteiger partial charge in [0, 0.05) is 52.8 Å². The molecule has 12 atom stereocenters. The Kier molecular flexibility index (Phi) is 29.8. The average molecular weight is 1160 g/mol. The zero-order valence-electron chi connectivity index (χ0n) is 51.4. The number of carbonyl (C=O) groups is 8. The van der Waals surface area contributed by atoms with Crippen molar-refractivity contribution in [2.75, 3.05) is 47.2 Å². The molecule has 464 valence electrons. The van der Waals surface area contributed by atoms with Crippen LogP contribution in [0.3, 0.4) is 0 Å². The fourth-order valence-electron chi connectivity index (χ4n) is 10.7. The van der Waals surface area contributed by atoms with Crippen LogP contribution in [0.25, 0.3) is 0 Å². The van der Waals surface area contributed by atoms with Crippen LogP contribution in [0.1, 0.15) is 118 Å². The van der Waals surface area contributed by atoms with Gasteiger partial charge in [0.15, 0.2) is 0 Å². The number of aliphatic hydroxyl groups excluding tert-OH is 1. The number of hydrogen-bond donors (Lipinski definition) is 8. The monoisotopic (exact) mass is 1160 g/mol. The quantitative estimate of drug-likeness (QED) is 0.0267. The summed E-state index contributed by atoms with van der Waals surface area (Å²) < 4.78 is 12.1. The number of nitrogens with zero attached hydrogens (tertiary/aromatic N) is 3. The molecule has 2 aromatic carbocycles. The number of benzene rings is 2. The highest BCUT2D eigenvalue weighted by Crippen LogP contribution is 2.30. The Hall–Kier alpha value is -6.46. The zero-order chi connectivity index (χ0) is 62.2. The third kappa shape index (κ3) is 21.6. The summed E-state index contributed by atoms with van der Waals surface area (Å²) in [5.74, 6) is -5.35. The summed E-state index contributed by atoms with van der Waals surface area (Å²) in [5, 5.41) is 34.1. The first-order valence-corrected chi connectivity index (χ1v) is 29.0. The number of aliphatic carboxylic acids is 1. The van der Waals surface area contributed by atoms with Crippen LogP contribution < -0.4 is 32.1 Å². The first-order chi connectivity index (χ1) is 39.2. The minimum absolute atomic E-state index is 0.00192. The molecule has 3 rings (SSSR count). The lowest BCUT2D eigenvalue weighted by atomic mass is 9.89. The number of carboxylic acids is 1. The molecule has 22 nitrogen and oxygen atoms in total. The zero-order valence-corrected chi connectivity index (χ0v) is 51.4. The number of nitrogens with one attached hydrogen (secondary N) is 6. The predicted molar refractivity (Wildman–Crippen MR) is 317 cm³/mol. The number of anilines is 1. The van der Waals surface area contributed by atoms with Crippen molar-refractivity contribution in [2.24, 2.45) is 29.6 Å². The lowest BCUT2D eigenvalue weighted by Crippen LogP contribution is -2.59. The molecule has 0 aromatic heterocycles. The minimum Gasteiger partial charge on any atom is -0.481 e. The van der Waals surface area contributed by atoms with Gasteiger partial charge in [-0.3, -0.25) is 48.1 Å². The fourth-order valence-corrected chi connectivity index (χ4v) is 10.7. The summed E-state index contributed by atoms with van der Waals surface area (Å²) in [7, 11) is 8.40. The third-order valence-electron chi connectivity index (χ3n) is 15.5. The molecule has 0 bridgehead atoms. The second-order valence-corrected chi connectivity index (χ2v) is 23.1. The van der Waals surface area contributed by atoms with Crippen LogP contribution in [-0.4, -0.2) is 175 Å². The highest BCUT2D eigenvalue weighted by atomic mass is 16.7. The first kappa shape index (κ1) is 70.8. The summed E-state index contributed by atoms with van der Waals surface area (Å²) in [5.41, 5.74) is 4.38. The molecule has 1 heterocycles. The first-order valence-electron chi connectivity index (χ1n) is 29.0. The minimum atomic E-state index is -1.33. The number of likely N-dealkylation sites (N-methyl/N-ethyl adjacent to an activating group) is 2. The van der Waals surface area contributed by atoms with Gasteiger partial charge in [0.1, 0.15) is 24.4 Å².